The number of nitrogens with zero attached hydrogens (tertiary/aromatic N) is 2. The lowest BCUT2D eigenvalue weighted by molar-refractivity contribution is 0.0908. The lowest BCUT2D eigenvalue weighted by Gasteiger charge is -2.39. The molecule has 114 valence electrons. The summed E-state index contributed by atoms with van der Waals surface area (Å²) in [7, 11) is 2.27. The van der Waals surface area contributed by atoms with Gasteiger partial charge in [-0.25, -0.2) is 0 Å². The molecule has 1 aliphatic heterocycles. The maximum Gasteiger partial charge on any atom is 0.0218 e. The van der Waals surface area contributed by atoms with Gasteiger partial charge in [-0.2, -0.15) is 0 Å². The van der Waals surface area contributed by atoms with Crippen molar-refractivity contribution >= 4 is 0 Å². The molecule has 1 saturated heterocycles. The molecule has 2 atom stereocenters. The Labute approximate surface area is 120 Å². The van der Waals surface area contributed by atoms with Crippen LogP contribution < -0.4 is 5.73 Å². The second kappa shape index (κ2) is 9.73. The molecule has 3 nitrogen and oxygen atoms in total. The molecule has 0 amide bonds. The Bertz CT molecular complexity index is 214. The molecule has 0 bridgehead atoms. The molecule has 0 radical (unpaired) electrons. The van der Waals surface area contributed by atoms with Crippen molar-refractivity contribution in [1.29, 1.82) is 0 Å². The van der Waals surface area contributed by atoms with Crippen LogP contribution in [0.25, 0.3) is 0 Å². The van der Waals surface area contributed by atoms with Gasteiger partial charge in [0.05, 0.1) is 0 Å². The molecule has 19 heavy (non-hydrogen) atoms. The van der Waals surface area contributed by atoms with Crippen molar-refractivity contribution in [1.82, 2.24) is 9.80 Å². The minimum absolute atomic E-state index is 0.768. The first-order valence-corrected chi connectivity index (χ1v) is 8.33. The van der Waals surface area contributed by atoms with Crippen LogP contribution in [0.2, 0.25) is 0 Å². The van der Waals surface area contributed by atoms with E-state index in [9.17, 15) is 0 Å². The molecule has 1 heterocycles. The number of nitrogens with two attached hydrogens (primary N) is 1. The molecule has 2 unspecified atom stereocenters. The second-order valence-corrected chi connectivity index (χ2v) is 6.22. The van der Waals surface area contributed by atoms with Gasteiger partial charge >= 0.3 is 0 Å². The molecule has 1 fully saturated rings. The normalized spacial score (nSPS) is 23.7. The minimum atomic E-state index is 0.768. The van der Waals surface area contributed by atoms with Gasteiger partial charge in [0.1, 0.15) is 0 Å². The summed E-state index contributed by atoms with van der Waals surface area (Å²) >= 11 is 0. The fourth-order valence-electron chi connectivity index (χ4n) is 3.33. The van der Waals surface area contributed by atoms with Crippen molar-refractivity contribution in [2.45, 2.75) is 58.4 Å². The maximum absolute atomic E-state index is 5.71. The number of likely N-dealkylation sites (N-methyl/N-ethyl adjacent to an activating group) is 1. The largest absolute Gasteiger partial charge is 0.330 e. The SMILES string of the molecule is CCCC(CCN)CCCN1CCN(C)C(CC)C1. The Morgan fingerprint density at radius 2 is 1.95 bits per heavy atom. The highest BCUT2D eigenvalue weighted by molar-refractivity contribution is 4.79. The topological polar surface area (TPSA) is 32.5 Å². The van der Waals surface area contributed by atoms with Crippen LogP contribution in [-0.4, -0.2) is 55.6 Å². The van der Waals surface area contributed by atoms with E-state index >= 15 is 0 Å². The summed E-state index contributed by atoms with van der Waals surface area (Å²) in [6.07, 6.45) is 7.88. The smallest absolute Gasteiger partial charge is 0.0218 e. The van der Waals surface area contributed by atoms with E-state index in [1.807, 2.05) is 0 Å². The Balaban J connectivity index is 2.20. The van der Waals surface area contributed by atoms with Crippen LogP contribution in [-0.2, 0) is 0 Å². The number of rotatable bonds is 9. The summed E-state index contributed by atoms with van der Waals surface area (Å²) in [6.45, 7) is 10.5. The van der Waals surface area contributed by atoms with Crippen LogP contribution in [0.5, 0.6) is 0 Å². The Kier molecular flexibility index (Phi) is 8.67. The van der Waals surface area contributed by atoms with E-state index in [-0.39, 0.29) is 0 Å². The standard InChI is InChI=1S/C16H35N3/c1-4-7-15(9-10-17)8-6-11-19-13-12-18(3)16(5-2)14-19/h15-16H,4-14,17H2,1-3H3. The van der Waals surface area contributed by atoms with Gasteiger partial charge in [0.25, 0.3) is 0 Å². The predicted molar refractivity (Wildman–Crippen MR) is 84.5 cm³/mol. The van der Waals surface area contributed by atoms with Crippen LogP contribution in [0.4, 0.5) is 0 Å². The average molecular weight is 269 g/mol. The van der Waals surface area contributed by atoms with Gasteiger partial charge in [0, 0.05) is 25.7 Å². The Morgan fingerprint density at radius 3 is 2.58 bits per heavy atom. The van der Waals surface area contributed by atoms with Gasteiger partial charge in [-0.1, -0.05) is 26.7 Å². The molecule has 0 aliphatic carbocycles. The molecular weight excluding hydrogens is 234 g/mol. The minimum Gasteiger partial charge on any atom is -0.330 e. The third kappa shape index (κ3) is 6.24. The molecule has 0 aromatic heterocycles. The molecule has 2 N–H and O–H groups in total. The van der Waals surface area contributed by atoms with Gasteiger partial charge in [-0.15, -0.1) is 0 Å². The highest BCUT2D eigenvalue weighted by Crippen LogP contribution is 2.18. The molecule has 0 spiro atoms. The zero-order valence-corrected chi connectivity index (χ0v) is 13.4. The fraction of sp³-hybridized carbons (Fsp3) is 1.00. The summed E-state index contributed by atoms with van der Waals surface area (Å²) in [5.41, 5.74) is 5.71. The van der Waals surface area contributed by atoms with Crippen LogP contribution in [0.15, 0.2) is 0 Å². The van der Waals surface area contributed by atoms with Crippen LogP contribution >= 0.6 is 0 Å². The van der Waals surface area contributed by atoms with E-state index in [4.69, 9.17) is 5.73 Å². The van der Waals surface area contributed by atoms with Crippen molar-refractivity contribution in [3.63, 3.8) is 0 Å². The van der Waals surface area contributed by atoms with Gasteiger partial charge in [0.15, 0.2) is 0 Å². The van der Waals surface area contributed by atoms with Gasteiger partial charge in [-0.3, -0.25) is 0 Å². The summed E-state index contributed by atoms with van der Waals surface area (Å²) in [6, 6.07) is 0.768. The maximum atomic E-state index is 5.71. The first-order chi connectivity index (χ1) is 9.21. The third-order valence-electron chi connectivity index (χ3n) is 4.69. The van der Waals surface area contributed by atoms with E-state index in [0.717, 1.165) is 18.5 Å². The van der Waals surface area contributed by atoms with E-state index in [1.165, 1.54) is 64.7 Å². The number of hydrogen-bond donors (Lipinski definition) is 1. The van der Waals surface area contributed by atoms with E-state index in [2.05, 4.69) is 30.7 Å². The molecule has 1 rings (SSSR count). The summed E-state index contributed by atoms with van der Waals surface area (Å²) in [5.74, 6) is 0.865. The zero-order valence-electron chi connectivity index (χ0n) is 13.4. The van der Waals surface area contributed by atoms with E-state index in [0.29, 0.717) is 0 Å². The van der Waals surface area contributed by atoms with Gasteiger partial charge in [0.2, 0.25) is 0 Å². The van der Waals surface area contributed by atoms with Crippen molar-refractivity contribution in [2.24, 2.45) is 11.7 Å². The van der Waals surface area contributed by atoms with Crippen molar-refractivity contribution in [3.8, 4) is 0 Å². The Morgan fingerprint density at radius 1 is 1.16 bits per heavy atom. The molecule has 0 aromatic rings. The fourth-order valence-corrected chi connectivity index (χ4v) is 3.33. The van der Waals surface area contributed by atoms with Gasteiger partial charge < -0.3 is 15.5 Å². The first kappa shape index (κ1) is 16.9. The van der Waals surface area contributed by atoms with Crippen LogP contribution in [0, 0.1) is 5.92 Å². The second-order valence-electron chi connectivity index (χ2n) is 6.22. The van der Waals surface area contributed by atoms with E-state index < -0.39 is 0 Å². The van der Waals surface area contributed by atoms with Crippen LogP contribution in [0.3, 0.4) is 0 Å². The van der Waals surface area contributed by atoms with E-state index in [1.54, 1.807) is 0 Å². The third-order valence-corrected chi connectivity index (χ3v) is 4.69. The molecule has 0 aromatic carbocycles. The van der Waals surface area contributed by atoms with Crippen molar-refractivity contribution < 1.29 is 0 Å². The van der Waals surface area contributed by atoms with Gasteiger partial charge in [-0.05, 0) is 51.7 Å². The highest BCUT2D eigenvalue weighted by atomic mass is 15.3. The summed E-state index contributed by atoms with van der Waals surface area (Å²) in [4.78, 5) is 5.18. The average Bonchev–Trinajstić information content (AvgIpc) is 2.41. The van der Waals surface area contributed by atoms with Crippen molar-refractivity contribution in [2.75, 3.05) is 39.8 Å². The Hall–Kier alpha value is -0.120. The zero-order chi connectivity index (χ0) is 14.1. The monoisotopic (exact) mass is 269 g/mol. The van der Waals surface area contributed by atoms with Crippen LogP contribution in [0.1, 0.15) is 52.4 Å². The number of piperazine rings is 1. The molecular formula is C16H35N3. The first-order valence-electron chi connectivity index (χ1n) is 8.33. The number of hydrogen-bond acceptors (Lipinski definition) is 3. The highest BCUT2D eigenvalue weighted by Gasteiger charge is 2.22. The molecule has 3 heteroatoms. The lowest BCUT2D eigenvalue weighted by atomic mass is 9.94. The lowest BCUT2D eigenvalue weighted by Crippen LogP contribution is -2.51. The quantitative estimate of drug-likeness (QED) is 0.698. The molecule has 0 saturated carbocycles. The van der Waals surface area contributed by atoms with Crippen molar-refractivity contribution in [3.05, 3.63) is 0 Å². The predicted octanol–water partition coefficient (Wildman–Crippen LogP) is 2.56. The summed E-state index contributed by atoms with van der Waals surface area (Å²) < 4.78 is 0. The summed E-state index contributed by atoms with van der Waals surface area (Å²) in [5, 5.41) is 0. The molecule has 1 aliphatic rings.